The quantitative estimate of drug-likeness (QED) is 0.635. The number of piperidine rings is 1. The van der Waals surface area contributed by atoms with E-state index in [-0.39, 0.29) is 31.0 Å². The normalized spacial score (nSPS) is 16.6. The van der Waals surface area contributed by atoms with Crippen molar-refractivity contribution in [2.45, 2.75) is 25.3 Å². The second kappa shape index (κ2) is 11.4. The fraction of sp³-hybridized carbons (Fsp3) is 0.375. The number of halogens is 2. The first-order valence-corrected chi connectivity index (χ1v) is 10.8. The highest BCUT2D eigenvalue weighted by Crippen LogP contribution is 2.21. The molecular weight excluding hydrogens is 432 g/mol. The number of ether oxygens (including phenoxy) is 1. The van der Waals surface area contributed by atoms with Crippen LogP contribution in [-0.4, -0.2) is 49.4 Å². The first-order chi connectivity index (χ1) is 15.9. The molecule has 1 aliphatic rings. The Morgan fingerprint density at radius 1 is 1.12 bits per heavy atom. The molecule has 0 spiro atoms. The van der Waals surface area contributed by atoms with Gasteiger partial charge in [-0.2, -0.15) is 0 Å². The summed E-state index contributed by atoms with van der Waals surface area (Å²) in [4.78, 5) is 39.4. The van der Waals surface area contributed by atoms with E-state index in [2.05, 4.69) is 10.6 Å². The van der Waals surface area contributed by atoms with E-state index >= 15 is 0 Å². The van der Waals surface area contributed by atoms with Crippen molar-refractivity contribution in [3.8, 4) is 5.75 Å². The first-order valence-electron chi connectivity index (χ1n) is 10.8. The second-order valence-electron chi connectivity index (χ2n) is 7.82. The molecule has 9 heteroatoms. The summed E-state index contributed by atoms with van der Waals surface area (Å²) >= 11 is 0. The van der Waals surface area contributed by atoms with Gasteiger partial charge in [-0.25, -0.2) is 8.78 Å². The lowest BCUT2D eigenvalue weighted by atomic mass is 9.95. The smallest absolute Gasteiger partial charge is 0.246 e. The van der Waals surface area contributed by atoms with Crippen LogP contribution in [0, 0.1) is 17.6 Å². The number of likely N-dealkylation sites (tertiary alicyclic amines) is 1. The minimum Gasteiger partial charge on any atom is -0.493 e. The molecule has 0 aromatic heterocycles. The molecule has 7 nitrogen and oxygen atoms in total. The average molecular weight is 459 g/mol. The van der Waals surface area contributed by atoms with Crippen LogP contribution in [0.5, 0.6) is 5.75 Å². The number of para-hydroxylation sites is 1. The topological polar surface area (TPSA) is 87.7 Å². The van der Waals surface area contributed by atoms with Gasteiger partial charge in [0.25, 0.3) is 0 Å². The predicted octanol–water partition coefficient (Wildman–Crippen LogP) is 2.58. The van der Waals surface area contributed by atoms with Crippen LogP contribution >= 0.6 is 0 Å². The molecule has 1 saturated heterocycles. The van der Waals surface area contributed by atoms with Crippen molar-refractivity contribution in [1.29, 1.82) is 0 Å². The van der Waals surface area contributed by atoms with Crippen LogP contribution in [0.3, 0.4) is 0 Å². The molecule has 2 N–H and O–H groups in total. The van der Waals surface area contributed by atoms with Gasteiger partial charge in [-0.1, -0.05) is 24.3 Å². The van der Waals surface area contributed by atoms with Crippen LogP contribution in [0.2, 0.25) is 0 Å². The molecule has 1 fully saturated rings. The van der Waals surface area contributed by atoms with Gasteiger partial charge < -0.3 is 20.3 Å². The van der Waals surface area contributed by atoms with Gasteiger partial charge in [0.15, 0.2) is 11.6 Å². The average Bonchev–Trinajstić information content (AvgIpc) is 2.84. The van der Waals surface area contributed by atoms with Crippen molar-refractivity contribution in [2.24, 2.45) is 5.92 Å². The molecule has 2 unspecified atom stereocenters. The lowest BCUT2D eigenvalue weighted by Gasteiger charge is -2.33. The number of likely N-dealkylation sites (N-methyl/N-ethyl adjacent to an activating group) is 1. The number of benzene rings is 2. The summed E-state index contributed by atoms with van der Waals surface area (Å²) in [7, 11) is 1.39. The van der Waals surface area contributed by atoms with Crippen molar-refractivity contribution in [3.63, 3.8) is 0 Å². The Balaban J connectivity index is 1.58. The van der Waals surface area contributed by atoms with E-state index in [1.165, 1.54) is 13.1 Å². The van der Waals surface area contributed by atoms with Crippen molar-refractivity contribution in [3.05, 3.63) is 65.7 Å². The van der Waals surface area contributed by atoms with Crippen molar-refractivity contribution in [1.82, 2.24) is 15.5 Å². The van der Waals surface area contributed by atoms with Crippen LogP contribution < -0.4 is 15.4 Å². The van der Waals surface area contributed by atoms with E-state index < -0.39 is 35.4 Å². The van der Waals surface area contributed by atoms with Crippen LogP contribution in [-0.2, 0) is 14.4 Å². The fourth-order valence-electron chi connectivity index (χ4n) is 3.75. The number of rotatable bonds is 8. The van der Waals surface area contributed by atoms with Gasteiger partial charge in [0.05, 0.1) is 18.9 Å². The highest BCUT2D eigenvalue weighted by molar-refractivity contribution is 5.89. The van der Waals surface area contributed by atoms with E-state index in [9.17, 15) is 23.2 Å². The molecule has 0 aliphatic carbocycles. The van der Waals surface area contributed by atoms with Crippen LogP contribution in [0.15, 0.2) is 48.5 Å². The largest absolute Gasteiger partial charge is 0.493 e. The maximum atomic E-state index is 13.7. The number of amides is 3. The van der Waals surface area contributed by atoms with Crippen molar-refractivity contribution in [2.75, 3.05) is 26.7 Å². The number of nitrogens with zero attached hydrogens (tertiary/aromatic N) is 1. The molecule has 176 valence electrons. The molecule has 0 radical (unpaired) electrons. The van der Waals surface area contributed by atoms with Crippen LogP contribution in [0.25, 0.3) is 0 Å². The number of carbonyl (C=O) groups is 3. The Hall–Kier alpha value is -3.49. The Bertz CT molecular complexity index is 987. The Kier molecular flexibility index (Phi) is 8.34. The van der Waals surface area contributed by atoms with Gasteiger partial charge >= 0.3 is 0 Å². The SMILES string of the molecule is CNC(=O)C(NC(=O)C1CCCN(C(=O)CCOc2ccccc2)C1)c1ccc(F)c(F)c1. The highest BCUT2D eigenvalue weighted by atomic mass is 19.2. The van der Waals surface area contributed by atoms with Crippen molar-refractivity contribution >= 4 is 17.7 Å². The maximum absolute atomic E-state index is 13.7. The summed E-state index contributed by atoms with van der Waals surface area (Å²) in [6.07, 6.45) is 1.37. The zero-order valence-electron chi connectivity index (χ0n) is 18.4. The van der Waals surface area contributed by atoms with E-state index in [1.807, 2.05) is 30.3 Å². The zero-order valence-corrected chi connectivity index (χ0v) is 18.4. The molecule has 2 aromatic carbocycles. The summed E-state index contributed by atoms with van der Waals surface area (Å²) in [5, 5.41) is 5.04. The Morgan fingerprint density at radius 3 is 2.58 bits per heavy atom. The number of carbonyl (C=O) groups excluding carboxylic acids is 3. The van der Waals surface area contributed by atoms with E-state index in [0.29, 0.717) is 25.1 Å². The van der Waals surface area contributed by atoms with Gasteiger partial charge in [0.1, 0.15) is 11.8 Å². The second-order valence-corrected chi connectivity index (χ2v) is 7.82. The maximum Gasteiger partial charge on any atom is 0.246 e. The summed E-state index contributed by atoms with van der Waals surface area (Å²) in [6.45, 7) is 0.981. The van der Waals surface area contributed by atoms with Gasteiger partial charge in [0, 0.05) is 20.1 Å². The molecule has 0 saturated carbocycles. The summed E-state index contributed by atoms with van der Waals surface area (Å²) < 4.78 is 32.5. The van der Waals surface area contributed by atoms with E-state index in [1.54, 1.807) is 4.90 Å². The third kappa shape index (κ3) is 6.50. The Morgan fingerprint density at radius 2 is 1.88 bits per heavy atom. The van der Waals surface area contributed by atoms with Gasteiger partial charge in [-0.05, 0) is 42.7 Å². The molecule has 1 aliphatic heterocycles. The van der Waals surface area contributed by atoms with E-state index in [0.717, 1.165) is 12.1 Å². The third-order valence-electron chi connectivity index (χ3n) is 5.54. The molecular formula is C24H27F2N3O4. The molecule has 3 rings (SSSR count). The number of hydrogen-bond acceptors (Lipinski definition) is 4. The number of hydrogen-bond donors (Lipinski definition) is 2. The highest BCUT2D eigenvalue weighted by Gasteiger charge is 2.31. The Labute approximate surface area is 191 Å². The lowest BCUT2D eigenvalue weighted by Crippen LogP contribution is -2.48. The zero-order chi connectivity index (χ0) is 23.8. The third-order valence-corrected chi connectivity index (χ3v) is 5.54. The van der Waals surface area contributed by atoms with Gasteiger partial charge in [0.2, 0.25) is 17.7 Å². The lowest BCUT2D eigenvalue weighted by molar-refractivity contribution is -0.137. The minimum atomic E-state index is -1.18. The molecule has 0 bridgehead atoms. The molecule has 1 heterocycles. The molecule has 2 atom stereocenters. The summed E-state index contributed by atoms with van der Waals surface area (Å²) in [6, 6.07) is 11.0. The van der Waals surface area contributed by atoms with E-state index in [4.69, 9.17) is 4.74 Å². The fourth-order valence-corrected chi connectivity index (χ4v) is 3.75. The van der Waals surface area contributed by atoms with Crippen LogP contribution in [0.4, 0.5) is 8.78 Å². The molecule has 2 aromatic rings. The van der Waals surface area contributed by atoms with Gasteiger partial charge in [-0.3, -0.25) is 14.4 Å². The molecule has 33 heavy (non-hydrogen) atoms. The number of nitrogens with one attached hydrogen (secondary N) is 2. The first kappa shape index (κ1) is 24.2. The van der Waals surface area contributed by atoms with Crippen molar-refractivity contribution < 1.29 is 27.9 Å². The van der Waals surface area contributed by atoms with Crippen LogP contribution in [0.1, 0.15) is 30.9 Å². The summed E-state index contributed by atoms with van der Waals surface area (Å²) in [5.41, 5.74) is 0.128. The predicted molar refractivity (Wildman–Crippen MR) is 117 cm³/mol. The summed E-state index contributed by atoms with van der Waals surface area (Å²) in [5.74, 6) is -3.09. The monoisotopic (exact) mass is 459 g/mol. The molecule has 3 amide bonds. The standard InChI is InChI=1S/C24H27F2N3O4/c1-27-24(32)22(16-9-10-19(25)20(26)14-16)28-23(31)17-6-5-12-29(15-17)21(30)11-13-33-18-7-3-2-4-8-18/h2-4,7-10,14,17,22H,5-6,11-13,15H2,1H3,(H,27,32)(H,28,31). The minimum absolute atomic E-state index is 0.119. The van der Waals surface area contributed by atoms with Gasteiger partial charge in [-0.15, -0.1) is 0 Å².